The van der Waals surface area contributed by atoms with E-state index in [1.54, 1.807) is 18.5 Å². The molecule has 0 aliphatic heterocycles. The Kier molecular flexibility index (Phi) is 2.93. The first kappa shape index (κ1) is 11.7. The Hall–Kier alpha value is -1.75. The molecule has 2 aromatic rings. The molecule has 0 saturated heterocycles. The van der Waals surface area contributed by atoms with Gasteiger partial charge in [-0.15, -0.1) is 0 Å². The number of hydrogen-bond acceptors (Lipinski definition) is 2. The van der Waals surface area contributed by atoms with Crippen LogP contribution < -0.4 is 5.73 Å². The van der Waals surface area contributed by atoms with Crippen LogP contribution in [0.4, 0.5) is 8.78 Å². The highest BCUT2D eigenvalue weighted by Gasteiger charge is 2.16. The first-order valence-electron chi connectivity index (χ1n) is 5.22. The maximum atomic E-state index is 13.7. The molecule has 0 atom stereocenters. The van der Waals surface area contributed by atoms with Crippen LogP contribution in [-0.4, -0.2) is 9.55 Å². The van der Waals surface area contributed by atoms with Crippen molar-refractivity contribution >= 4 is 0 Å². The van der Waals surface area contributed by atoms with Crippen molar-refractivity contribution in [2.45, 2.75) is 13.5 Å². The van der Waals surface area contributed by atoms with Crippen LogP contribution >= 0.6 is 0 Å². The van der Waals surface area contributed by atoms with E-state index in [0.29, 0.717) is 17.2 Å². The SMILES string of the molecule is Cc1nc(CN)c(-c2cc(F)ccc2F)n1C. The molecule has 0 aliphatic rings. The molecule has 90 valence electrons. The van der Waals surface area contributed by atoms with E-state index < -0.39 is 11.6 Å². The maximum absolute atomic E-state index is 13.7. The minimum Gasteiger partial charge on any atom is -0.331 e. The molecule has 1 heterocycles. The van der Waals surface area contributed by atoms with Crippen molar-refractivity contribution in [3.63, 3.8) is 0 Å². The van der Waals surface area contributed by atoms with Gasteiger partial charge >= 0.3 is 0 Å². The number of rotatable bonds is 2. The zero-order valence-electron chi connectivity index (χ0n) is 9.67. The number of nitrogens with zero attached hydrogens (tertiary/aromatic N) is 2. The highest BCUT2D eigenvalue weighted by atomic mass is 19.1. The van der Waals surface area contributed by atoms with Crippen molar-refractivity contribution in [2.24, 2.45) is 12.8 Å². The fourth-order valence-corrected chi connectivity index (χ4v) is 1.84. The van der Waals surface area contributed by atoms with E-state index in [1.165, 1.54) is 0 Å². The van der Waals surface area contributed by atoms with Crippen molar-refractivity contribution in [2.75, 3.05) is 0 Å². The summed E-state index contributed by atoms with van der Waals surface area (Å²) >= 11 is 0. The van der Waals surface area contributed by atoms with E-state index in [2.05, 4.69) is 4.98 Å². The van der Waals surface area contributed by atoms with Gasteiger partial charge in [0.25, 0.3) is 0 Å². The molecule has 2 N–H and O–H groups in total. The van der Waals surface area contributed by atoms with E-state index in [0.717, 1.165) is 18.2 Å². The number of aryl methyl sites for hydroxylation is 1. The van der Waals surface area contributed by atoms with Crippen LogP contribution in [0.1, 0.15) is 11.5 Å². The molecule has 1 aromatic heterocycles. The largest absolute Gasteiger partial charge is 0.331 e. The average Bonchev–Trinajstić information content (AvgIpc) is 2.59. The van der Waals surface area contributed by atoms with Gasteiger partial charge in [0.2, 0.25) is 0 Å². The zero-order chi connectivity index (χ0) is 12.6. The van der Waals surface area contributed by atoms with Gasteiger partial charge in [0.05, 0.1) is 11.4 Å². The molecule has 3 nitrogen and oxygen atoms in total. The Bertz CT molecular complexity index is 561. The minimum absolute atomic E-state index is 0.187. The van der Waals surface area contributed by atoms with Crippen LogP contribution in [0.2, 0.25) is 0 Å². The fraction of sp³-hybridized carbons (Fsp3) is 0.250. The molecule has 1 aromatic carbocycles. The Balaban J connectivity index is 2.71. The lowest BCUT2D eigenvalue weighted by molar-refractivity contribution is 0.601. The summed E-state index contributed by atoms with van der Waals surface area (Å²) in [6, 6.07) is 3.35. The van der Waals surface area contributed by atoms with Crippen LogP contribution in [0.3, 0.4) is 0 Å². The number of aromatic nitrogens is 2. The van der Waals surface area contributed by atoms with Gasteiger partial charge in [0.15, 0.2) is 0 Å². The highest BCUT2D eigenvalue weighted by Crippen LogP contribution is 2.27. The van der Waals surface area contributed by atoms with Gasteiger partial charge in [0.1, 0.15) is 17.5 Å². The molecule has 0 spiro atoms. The van der Waals surface area contributed by atoms with Gasteiger partial charge < -0.3 is 10.3 Å². The summed E-state index contributed by atoms with van der Waals surface area (Å²) in [5, 5.41) is 0. The molecule has 0 saturated carbocycles. The second-order valence-corrected chi connectivity index (χ2v) is 3.84. The second-order valence-electron chi connectivity index (χ2n) is 3.84. The molecule has 0 bridgehead atoms. The third-order valence-corrected chi connectivity index (χ3v) is 2.77. The van der Waals surface area contributed by atoms with Crippen LogP contribution in [0.25, 0.3) is 11.3 Å². The Labute approximate surface area is 97.9 Å². The predicted octanol–water partition coefficient (Wildman–Crippen LogP) is 2.13. The van der Waals surface area contributed by atoms with Crippen LogP contribution in [0, 0.1) is 18.6 Å². The molecule has 0 aliphatic carbocycles. The van der Waals surface area contributed by atoms with Crippen LogP contribution in [-0.2, 0) is 13.6 Å². The molecule has 0 fully saturated rings. The van der Waals surface area contributed by atoms with E-state index in [4.69, 9.17) is 5.73 Å². The van der Waals surface area contributed by atoms with Gasteiger partial charge in [-0.2, -0.15) is 0 Å². The van der Waals surface area contributed by atoms with Crippen molar-refractivity contribution in [1.29, 1.82) is 0 Å². The van der Waals surface area contributed by atoms with Gasteiger partial charge in [-0.1, -0.05) is 0 Å². The van der Waals surface area contributed by atoms with Gasteiger partial charge in [-0.25, -0.2) is 13.8 Å². The molecule has 5 heteroatoms. The maximum Gasteiger partial charge on any atom is 0.132 e. The lowest BCUT2D eigenvalue weighted by Crippen LogP contribution is -2.02. The number of imidazole rings is 1. The quantitative estimate of drug-likeness (QED) is 0.869. The summed E-state index contributed by atoms with van der Waals surface area (Å²) in [5.41, 5.74) is 6.85. The van der Waals surface area contributed by atoms with Gasteiger partial charge in [-0.3, -0.25) is 0 Å². The van der Waals surface area contributed by atoms with E-state index >= 15 is 0 Å². The van der Waals surface area contributed by atoms with E-state index in [-0.39, 0.29) is 12.1 Å². The van der Waals surface area contributed by atoms with Crippen molar-refractivity contribution in [3.8, 4) is 11.3 Å². The van der Waals surface area contributed by atoms with Gasteiger partial charge in [-0.05, 0) is 25.1 Å². The lowest BCUT2D eigenvalue weighted by Gasteiger charge is -2.07. The minimum atomic E-state index is -0.483. The third kappa shape index (κ3) is 1.93. The van der Waals surface area contributed by atoms with E-state index in [1.807, 2.05) is 0 Å². The Morgan fingerprint density at radius 3 is 2.71 bits per heavy atom. The average molecular weight is 237 g/mol. The van der Waals surface area contributed by atoms with Crippen LogP contribution in [0.15, 0.2) is 18.2 Å². The number of halogens is 2. The number of nitrogens with two attached hydrogens (primary N) is 1. The molecule has 0 amide bonds. The summed E-state index contributed by atoms with van der Waals surface area (Å²) in [6.07, 6.45) is 0. The molecule has 2 rings (SSSR count). The number of benzene rings is 1. The molecular formula is C12H13F2N3. The molecular weight excluding hydrogens is 224 g/mol. The van der Waals surface area contributed by atoms with Gasteiger partial charge in [0, 0.05) is 19.2 Å². The Morgan fingerprint density at radius 1 is 1.35 bits per heavy atom. The second kappa shape index (κ2) is 4.25. The van der Waals surface area contributed by atoms with Crippen molar-refractivity contribution in [1.82, 2.24) is 9.55 Å². The predicted molar refractivity (Wildman–Crippen MR) is 61.2 cm³/mol. The molecule has 0 unspecified atom stereocenters. The fourth-order valence-electron chi connectivity index (χ4n) is 1.84. The summed E-state index contributed by atoms with van der Waals surface area (Å²) in [6.45, 7) is 1.98. The van der Waals surface area contributed by atoms with E-state index in [9.17, 15) is 8.78 Å². The topological polar surface area (TPSA) is 43.8 Å². The Morgan fingerprint density at radius 2 is 2.06 bits per heavy atom. The number of hydrogen-bond donors (Lipinski definition) is 1. The summed E-state index contributed by atoms with van der Waals surface area (Å²) in [4.78, 5) is 4.22. The lowest BCUT2D eigenvalue weighted by atomic mass is 10.1. The van der Waals surface area contributed by atoms with Crippen molar-refractivity contribution < 1.29 is 8.78 Å². The van der Waals surface area contributed by atoms with Crippen molar-refractivity contribution in [3.05, 3.63) is 41.4 Å². The smallest absolute Gasteiger partial charge is 0.132 e. The first-order chi connectivity index (χ1) is 8.04. The monoisotopic (exact) mass is 237 g/mol. The standard InChI is InChI=1S/C12H13F2N3/c1-7-16-11(6-15)12(17(7)2)9-5-8(13)3-4-10(9)14/h3-5H,6,15H2,1-2H3. The zero-order valence-corrected chi connectivity index (χ0v) is 9.67. The molecule has 0 radical (unpaired) electrons. The molecule has 17 heavy (non-hydrogen) atoms. The third-order valence-electron chi connectivity index (χ3n) is 2.77. The first-order valence-corrected chi connectivity index (χ1v) is 5.22. The van der Waals surface area contributed by atoms with Crippen LogP contribution in [0.5, 0.6) is 0 Å². The summed E-state index contributed by atoms with van der Waals surface area (Å²) in [5.74, 6) is -0.253. The normalized spacial score (nSPS) is 10.9. The summed E-state index contributed by atoms with van der Waals surface area (Å²) in [7, 11) is 1.75. The highest BCUT2D eigenvalue weighted by molar-refractivity contribution is 5.63. The summed E-state index contributed by atoms with van der Waals surface area (Å²) < 4.78 is 28.6.